The van der Waals surface area contributed by atoms with Gasteiger partial charge in [-0.1, -0.05) is 24.0 Å². The van der Waals surface area contributed by atoms with E-state index in [1.807, 2.05) is 30.5 Å². The van der Waals surface area contributed by atoms with Crippen LogP contribution in [-0.4, -0.2) is 29.6 Å². The number of hydrogen-bond acceptors (Lipinski definition) is 3. The Hall–Kier alpha value is -1.44. The highest BCUT2D eigenvalue weighted by atomic mass is 32.2. The summed E-state index contributed by atoms with van der Waals surface area (Å²) in [4.78, 5) is 11.3. The van der Waals surface area contributed by atoms with Crippen molar-refractivity contribution in [3.63, 3.8) is 0 Å². The average Bonchev–Trinajstić information content (AvgIpc) is 2.38. The number of hydrogen-bond donors (Lipinski definition) is 2. The van der Waals surface area contributed by atoms with Gasteiger partial charge < -0.3 is 10.4 Å². The van der Waals surface area contributed by atoms with Crippen molar-refractivity contribution in [1.29, 1.82) is 0 Å². The zero-order valence-electron chi connectivity index (χ0n) is 10.4. The van der Waals surface area contributed by atoms with Crippen LogP contribution in [0.2, 0.25) is 0 Å². The third-order valence-electron chi connectivity index (χ3n) is 2.16. The van der Waals surface area contributed by atoms with Crippen LogP contribution in [0.3, 0.4) is 0 Å². The molecule has 0 aliphatic heterocycles. The zero-order chi connectivity index (χ0) is 13.2. The fraction of sp³-hybridized carbons (Fsp3) is 0.357. The SMILES string of the molecule is CSCC(=O)NCc1cccc(C#CCCO)c1. The molecule has 0 aliphatic rings. The topological polar surface area (TPSA) is 49.3 Å². The van der Waals surface area contributed by atoms with Gasteiger partial charge in [0.05, 0.1) is 12.4 Å². The van der Waals surface area contributed by atoms with E-state index in [0.717, 1.165) is 11.1 Å². The van der Waals surface area contributed by atoms with Crippen LogP contribution in [0.4, 0.5) is 0 Å². The van der Waals surface area contributed by atoms with Crippen LogP contribution < -0.4 is 5.32 Å². The molecule has 0 saturated heterocycles. The molecule has 1 aromatic rings. The van der Waals surface area contributed by atoms with E-state index in [1.165, 1.54) is 11.8 Å². The number of carbonyl (C=O) groups is 1. The Bertz CT molecular complexity index is 449. The van der Waals surface area contributed by atoms with Crippen molar-refractivity contribution in [2.45, 2.75) is 13.0 Å². The van der Waals surface area contributed by atoms with E-state index >= 15 is 0 Å². The second-order valence-corrected chi connectivity index (χ2v) is 4.55. The van der Waals surface area contributed by atoms with Gasteiger partial charge in [-0.3, -0.25) is 4.79 Å². The number of thioether (sulfide) groups is 1. The summed E-state index contributed by atoms with van der Waals surface area (Å²) in [5.74, 6) is 6.37. The van der Waals surface area contributed by atoms with Crippen molar-refractivity contribution in [1.82, 2.24) is 5.32 Å². The van der Waals surface area contributed by atoms with E-state index in [0.29, 0.717) is 18.7 Å². The standard InChI is InChI=1S/C14H17NO2S/c1-18-11-14(17)15-10-13-7-4-6-12(9-13)5-2-3-8-16/h4,6-7,9,16H,3,8,10-11H2,1H3,(H,15,17). The van der Waals surface area contributed by atoms with Gasteiger partial charge >= 0.3 is 0 Å². The maximum absolute atomic E-state index is 11.3. The monoisotopic (exact) mass is 263 g/mol. The molecule has 0 atom stereocenters. The predicted molar refractivity (Wildman–Crippen MR) is 75.3 cm³/mol. The first kappa shape index (κ1) is 14.6. The van der Waals surface area contributed by atoms with Gasteiger partial charge in [0.25, 0.3) is 0 Å². The molecule has 18 heavy (non-hydrogen) atoms. The summed E-state index contributed by atoms with van der Waals surface area (Å²) in [5.41, 5.74) is 1.93. The molecule has 2 N–H and O–H groups in total. The summed E-state index contributed by atoms with van der Waals surface area (Å²) in [6.45, 7) is 0.604. The second-order valence-electron chi connectivity index (χ2n) is 3.69. The Kier molecular flexibility index (Phi) is 7.00. The molecule has 3 nitrogen and oxygen atoms in total. The molecule has 0 aliphatic carbocycles. The minimum absolute atomic E-state index is 0.0410. The van der Waals surface area contributed by atoms with Crippen LogP contribution in [0.15, 0.2) is 24.3 Å². The van der Waals surface area contributed by atoms with Crippen LogP contribution in [-0.2, 0) is 11.3 Å². The molecule has 0 unspecified atom stereocenters. The highest BCUT2D eigenvalue weighted by Gasteiger charge is 1.99. The lowest BCUT2D eigenvalue weighted by Crippen LogP contribution is -2.24. The summed E-state index contributed by atoms with van der Waals surface area (Å²) in [6, 6.07) is 7.73. The van der Waals surface area contributed by atoms with Crippen LogP contribution >= 0.6 is 11.8 Å². The molecule has 1 amide bonds. The van der Waals surface area contributed by atoms with Crippen molar-refractivity contribution in [3.8, 4) is 11.8 Å². The Morgan fingerprint density at radius 3 is 3.06 bits per heavy atom. The van der Waals surface area contributed by atoms with Gasteiger partial charge in [0.1, 0.15) is 0 Å². The van der Waals surface area contributed by atoms with Gasteiger partial charge in [-0.2, -0.15) is 11.8 Å². The molecule has 0 spiro atoms. The first-order chi connectivity index (χ1) is 8.76. The lowest BCUT2D eigenvalue weighted by Gasteiger charge is -2.04. The van der Waals surface area contributed by atoms with Crippen molar-refractivity contribution < 1.29 is 9.90 Å². The molecular weight excluding hydrogens is 246 g/mol. The summed E-state index contributed by atoms with van der Waals surface area (Å²) in [7, 11) is 0. The lowest BCUT2D eigenvalue weighted by molar-refractivity contribution is -0.118. The van der Waals surface area contributed by atoms with Crippen molar-refractivity contribution in [3.05, 3.63) is 35.4 Å². The normalized spacial score (nSPS) is 9.44. The molecule has 0 saturated carbocycles. The van der Waals surface area contributed by atoms with E-state index < -0.39 is 0 Å². The Labute approximate surface area is 112 Å². The number of aliphatic hydroxyl groups excluding tert-OH is 1. The fourth-order valence-electron chi connectivity index (χ4n) is 1.36. The number of aliphatic hydroxyl groups is 1. The molecule has 1 aromatic carbocycles. The van der Waals surface area contributed by atoms with Gasteiger partial charge in [0.15, 0.2) is 0 Å². The van der Waals surface area contributed by atoms with Crippen molar-refractivity contribution in [2.24, 2.45) is 0 Å². The molecule has 0 radical (unpaired) electrons. The smallest absolute Gasteiger partial charge is 0.230 e. The third kappa shape index (κ3) is 5.76. The van der Waals surface area contributed by atoms with Gasteiger partial charge in [-0.15, -0.1) is 0 Å². The minimum atomic E-state index is 0.0410. The quantitative estimate of drug-likeness (QED) is 0.790. The largest absolute Gasteiger partial charge is 0.395 e. The number of carbonyl (C=O) groups excluding carboxylic acids is 1. The second kappa shape index (κ2) is 8.62. The molecule has 0 aromatic heterocycles. The van der Waals surface area contributed by atoms with Crippen molar-refractivity contribution in [2.75, 3.05) is 18.6 Å². The predicted octanol–water partition coefficient (Wildman–Crippen LogP) is 1.40. The molecule has 0 fully saturated rings. The lowest BCUT2D eigenvalue weighted by atomic mass is 10.1. The number of nitrogens with one attached hydrogen (secondary N) is 1. The molecular formula is C14H17NO2S. The van der Waals surface area contributed by atoms with Gasteiger partial charge in [-0.05, 0) is 24.0 Å². The molecule has 0 heterocycles. The molecule has 1 rings (SSSR count). The van der Waals surface area contributed by atoms with E-state index in [1.54, 1.807) is 0 Å². The first-order valence-corrected chi connectivity index (χ1v) is 7.10. The average molecular weight is 263 g/mol. The number of benzene rings is 1. The Morgan fingerprint density at radius 1 is 1.50 bits per heavy atom. The molecule has 0 bridgehead atoms. The highest BCUT2D eigenvalue weighted by molar-refractivity contribution is 7.99. The molecule has 4 heteroatoms. The van der Waals surface area contributed by atoms with E-state index in [-0.39, 0.29) is 12.5 Å². The van der Waals surface area contributed by atoms with Crippen LogP contribution in [0.25, 0.3) is 0 Å². The first-order valence-electron chi connectivity index (χ1n) is 5.70. The number of amides is 1. The molecule has 96 valence electrons. The maximum atomic E-state index is 11.3. The Morgan fingerprint density at radius 2 is 2.33 bits per heavy atom. The van der Waals surface area contributed by atoms with E-state index in [9.17, 15) is 4.79 Å². The van der Waals surface area contributed by atoms with Gasteiger partial charge in [0, 0.05) is 18.5 Å². The fourth-order valence-corrected chi connectivity index (χ4v) is 1.73. The van der Waals surface area contributed by atoms with E-state index in [2.05, 4.69) is 17.2 Å². The summed E-state index contributed by atoms with van der Waals surface area (Å²) >= 11 is 1.50. The van der Waals surface area contributed by atoms with Crippen LogP contribution in [0, 0.1) is 11.8 Å². The summed E-state index contributed by atoms with van der Waals surface area (Å²) in [5, 5.41) is 11.5. The van der Waals surface area contributed by atoms with Crippen LogP contribution in [0.1, 0.15) is 17.5 Å². The zero-order valence-corrected chi connectivity index (χ0v) is 11.2. The number of rotatable bonds is 5. The van der Waals surface area contributed by atoms with Gasteiger partial charge in [-0.25, -0.2) is 0 Å². The Balaban J connectivity index is 2.55. The third-order valence-corrected chi connectivity index (χ3v) is 2.71. The summed E-state index contributed by atoms with van der Waals surface area (Å²) in [6.07, 6.45) is 2.38. The van der Waals surface area contributed by atoms with E-state index in [4.69, 9.17) is 5.11 Å². The van der Waals surface area contributed by atoms with Crippen LogP contribution in [0.5, 0.6) is 0 Å². The van der Waals surface area contributed by atoms with Gasteiger partial charge in [0.2, 0.25) is 5.91 Å². The maximum Gasteiger partial charge on any atom is 0.230 e. The summed E-state index contributed by atoms with van der Waals surface area (Å²) < 4.78 is 0. The van der Waals surface area contributed by atoms with Crippen molar-refractivity contribution >= 4 is 17.7 Å². The minimum Gasteiger partial charge on any atom is -0.395 e. The highest BCUT2D eigenvalue weighted by Crippen LogP contribution is 2.04.